The van der Waals surface area contributed by atoms with Crippen LogP contribution in [-0.2, 0) is 0 Å². The molecule has 11 heteroatoms. The topological polar surface area (TPSA) is 146 Å². The third kappa shape index (κ3) is 4.34. The van der Waals surface area contributed by atoms with Gasteiger partial charge in [-0.05, 0) is 12.1 Å². The number of hydrogen-bond acceptors (Lipinski definition) is 8. The summed E-state index contributed by atoms with van der Waals surface area (Å²) >= 11 is 0. The van der Waals surface area contributed by atoms with Crippen LogP contribution in [0.3, 0.4) is 0 Å². The third-order valence-electron chi connectivity index (χ3n) is 3.44. The van der Waals surface area contributed by atoms with Crippen LogP contribution >= 0.6 is 0 Å². The zero-order valence-corrected chi connectivity index (χ0v) is 14.2. The molecule has 2 rings (SSSR count). The van der Waals surface area contributed by atoms with Gasteiger partial charge in [-0.15, -0.1) is 0 Å². The first-order chi connectivity index (χ1) is 12.9. The first-order valence-electron chi connectivity index (χ1n) is 7.36. The molecule has 0 aromatic heterocycles. The Hall–Kier alpha value is -4.02. The lowest BCUT2D eigenvalue weighted by Gasteiger charge is -2.08. The van der Waals surface area contributed by atoms with E-state index in [4.69, 9.17) is 9.47 Å². The molecule has 0 heterocycles. The van der Waals surface area contributed by atoms with Gasteiger partial charge in [-0.25, -0.2) is 5.43 Å². The molecule has 0 atom stereocenters. The zero-order valence-electron chi connectivity index (χ0n) is 14.2. The fourth-order valence-corrected chi connectivity index (χ4v) is 2.19. The minimum absolute atomic E-state index is 0.0421. The largest absolute Gasteiger partial charge is 0.493 e. The minimum atomic E-state index is -0.832. The molecule has 0 radical (unpaired) electrons. The molecule has 2 aromatic carbocycles. The second-order valence-corrected chi connectivity index (χ2v) is 5.00. The lowest BCUT2D eigenvalue weighted by Crippen LogP contribution is -2.19. The van der Waals surface area contributed by atoms with Gasteiger partial charge in [0.1, 0.15) is 5.56 Å². The van der Waals surface area contributed by atoms with Gasteiger partial charge in [-0.2, -0.15) is 5.10 Å². The summed E-state index contributed by atoms with van der Waals surface area (Å²) in [6, 6.07) is 7.80. The van der Waals surface area contributed by atoms with Crippen molar-refractivity contribution < 1.29 is 24.1 Å². The SMILES string of the molecule is COc1cc(/C=N/NC(=O)c2ccccc2[N+](=O)[O-])c([N+](=O)[O-])cc1OC. The molecular formula is C16H14N4O7. The highest BCUT2D eigenvalue weighted by molar-refractivity contribution is 5.98. The first kappa shape index (κ1) is 19.3. The summed E-state index contributed by atoms with van der Waals surface area (Å²) in [7, 11) is 2.70. The van der Waals surface area contributed by atoms with Crippen molar-refractivity contribution in [1.82, 2.24) is 5.43 Å². The number of nitro benzene ring substituents is 2. The first-order valence-corrected chi connectivity index (χ1v) is 7.36. The van der Waals surface area contributed by atoms with Crippen molar-refractivity contribution in [3.63, 3.8) is 0 Å². The van der Waals surface area contributed by atoms with E-state index in [1.165, 1.54) is 44.6 Å². The molecule has 0 bridgehead atoms. The van der Waals surface area contributed by atoms with Crippen LogP contribution in [0.2, 0.25) is 0 Å². The highest BCUT2D eigenvalue weighted by Crippen LogP contribution is 2.33. The molecule has 0 aliphatic heterocycles. The smallest absolute Gasteiger partial charge is 0.282 e. The number of amides is 1. The van der Waals surface area contributed by atoms with Gasteiger partial charge in [0.2, 0.25) is 0 Å². The summed E-state index contributed by atoms with van der Waals surface area (Å²) < 4.78 is 10.1. The highest BCUT2D eigenvalue weighted by Gasteiger charge is 2.20. The van der Waals surface area contributed by atoms with E-state index in [1.54, 1.807) is 0 Å². The Labute approximate surface area is 152 Å². The van der Waals surface area contributed by atoms with Crippen molar-refractivity contribution >= 4 is 23.5 Å². The number of methoxy groups -OCH3 is 2. The minimum Gasteiger partial charge on any atom is -0.493 e. The van der Waals surface area contributed by atoms with E-state index in [9.17, 15) is 25.0 Å². The highest BCUT2D eigenvalue weighted by atomic mass is 16.6. The standard InChI is InChI=1S/C16H14N4O7/c1-26-14-7-10(13(20(24)25)8-15(14)27-2)9-17-18-16(21)11-5-3-4-6-12(11)19(22)23/h3-9H,1-2H3,(H,18,21)/b17-9+. The Kier molecular flexibility index (Phi) is 5.99. The van der Waals surface area contributed by atoms with Crippen molar-refractivity contribution in [2.75, 3.05) is 14.2 Å². The number of para-hydroxylation sites is 1. The van der Waals surface area contributed by atoms with Crippen molar-refractivity contribution in [2.24, 2.45) is 5.10 Å². The van der Waals surface area contributed by atoms with Gasteiger partial charge in [0.15, 0.2) is 11.5 Å². The van der Waals surface area contributed by atoms with Crippen molar-refractivity contribution in [2.45, 2.75) is 0 Å². The number of nitrogens with one attached hydrogen (secondary N) is 1. The number of hydrogen-bond donors (Lipinski definition) is 1. The Bertz CT molecular complexity index is 927. The number of nitrogens with zero attached hydrogens (tertiary/aromatic N) is 3. The predicted molar refractivity (Wildman–Crippen MR) is 94.4 cm³/mol. The van der Waals surface area contributed by atoms with E-state index in [-0.39, 0.29) is 34.0 Å². The van der Waals surface area contributed by atoms with Crippen molar-refractivity contribution in [3.8, 4) is 11.5 Å². The number of carbonyl (C=O) groups excluding carboxylic acids is 1. The molecule has 1 N–H and O–H groups in total. The lowest BCUT2D eigenvalue weighted by molar-refractivity contribution is -0.385. The molecule has 0 aliphatic carbocycles. The number of hydrazone groups is 1. The number of carbonyl (C=O) groups is 1. The normalized spacial score (nSPS) is 10.4. The van der Waals surface area contributed by atoms with Crippen LogP contribution in [0.1, 0.15) is 15.9 Å². The van der Waals surface area contributed by atoms with Crippen molar-refractivity contribution in [1.29, 1.82) is 0 Å². The van der Waals surface area contributed by atoms with Crippen LogP contribution in [0.15, 0.2) is 41.5 Å². The van der Waals surface area contributed by atoms with Gasteiger partial charge in [0.05, 0.1) is 41.9 Å². The Morgan fingerprint density at radius 3 is 2.22 bits per heavy atom. The summed E-state index contributed by atoms with van der Waals surface area (Å²) in [4.78, 5) is 32.9. The lowest BCUT2D eigenvalue weighted by atomic mass is 10.1. The van der Waals surface area contributed by atoms with Crippen LogP contribution < -0.4 is 14.9 Å². The van der Waals surface area contributed by atoms with E-state index in [0.29, 0.717) is 0 Å². The van der Waals surface area contributed by atoms with Crippen LogP contribution in [-0.4, -0.2) is 36.2 Å². The monoisotopic (exact) mass is 374 g/mol. The molecular weight excluding hydrogens is 360 g/mol. The van der Waals surface area contributed by atoms with Crippen LogP contribution in [0.25, 0.3) is 0 Å². The van der Waals surface area contributed by atoms with E-state index in [0.717, 1.165) is 12.3 Å². The maximum atomic E-state index is 12.1. The van der Waals surface area contributed by atoms with Gasteiger partial charge < -0.3 is 9.47 Å². The summed E-state index contributed by atoms with van der Waals surface area (Å²) in [5, 5.41) is 25.8. The van der Waals surface area contributed by atoms with Gasteiger partial charge >= 0.3 is 0 Å². The molecule has 0 saturated heterocycles. The summed E-state index contributed by atoms with van der Waals surface area (Å²) in [6.07, 6.45) is 1.03. The maximum absolute atomic E-state index is 12.1. The average Bonchev–Trinajstić information content (AvgIpc) is 2.67. The van der Waals surface area contributed by atoms with E-state index >= 15 is 0 Å². The molecule has 1 amide bonds. The number of ether oxygens (including phenoxy) is 2. The quantitative estimate of drug-likeness (QED) is 0.444. The van der Waals surface area contributed by atoms with E-state index in [1.807, 2.05) is 0 Å². The Morgan fingerprint density at radius 1 is 1.04 bits per heavy atom. The second-order valence-electron chi connectivity index (χ2n) is 5.00. The average molecular weight is 374 g/mol. The van der Waals surface area contributed by atoms with Gasteiger partial charge in [-0.1, -0.05) is 12.1 Å². The number of nitro groups is 2. The van der Waals surface area contributed by atoms with Gasteiger partial charge in [0.25, 0.3) is 17.3 Å². The molecule has 2 aromatic rings. The molecule has 0 fully saturated rings. The third-order valence-corrected chi connectivity index (χ3v) is 3.44. The van der Waals surface area contributed by atoms with E-state index in [2.05, 4.69) is 10.5 Å². The predicted octanol–water partition coefficient (Wildman–Crippen LogP) is 2.28. The van der Waals surface area contributed by atoms with E-state index < -0.39 is 15.8 Å². The summed E-state index contributed by atoms with van der Waals surface area (Å²) in [6.45, 7) is 0. The molecule has 140 valence electrons. The molecule has 11 nitrogen and oxygen atoms in total. The zero-order chi connectivity index (χ0) is 20.0. The fourth-order valence-electron chi connectivity index (χ4n) is 2.19. The Balaban J connectivity index is 2.29. The van der Waals surface area contributed by atoms with Gasteiger partial charge in [0, 0.05) is 6.07 Å². The number of rotatable bonds is 7. The molecule has 0 spiro atoms. The molecule has 0 aliphatic rings. The summed E-state index contributed by atoms with van der Waals surface area (Å²) in [5.74, 6) is -0.443. The Morgan fingerprint density at radius 2 is 1.63 bits per heavy atom. The maximum Gasteiger partial charge on any atom is 0.282 e. The molecule has 0 unspecified atom stereocenters. The molecule has 27 heavy (non-hydrogen) atoms. The number of benzene rings is 2. The van der Waals surface area contributed by atoms with Crippen LogP contribution in [0.4, 0.5) is 11.4 Å². The summed E-state index contributed by atoms with van der Waals surface area (Å²) in [5.41, 5.74) is 1.25. The van der Waals surface area contributed by atoms with Crippen LogP contribution in [0, 0.1) is 20.2 Å². The molecule has 0 saturated carbocycles. The van der Waals surface area contributed by atoms with Crippen molar-refractivity contribution in [3.05, 3.63) is 67.8 Å². The van der Waals surface area contributed by atoms with Gasteiger partial charge in [-0.3, -0.25) is 25.0 Å². The van der Waals surface area contributed by atoms with Crippen LogP contribution in [0.5, 0.6) is 11.5 Å². The second kappa shape index (κ2) is 8.38. The fraction of sp³-hybridized carbons (Fsp3) is 0.125.